The van der Waals surface area contributed by atoms with Crippen LogP contribution >= 0.6 is 0 Å². The number of rotatable bonds is 4. The first kappa shape index (κ1) is 13.3. The number of aryl methyl sites for hydroxylation is 1. The Bertz CT molecular complexity index is 424. The van der Waals surface area contributed by atoms with Crippen LogP contribution in [0.1, 0.15) is 29.8 Å². The molecule has 0 aliphatic rings. The second-order valence-corrected chi connectivity index (χ2v) is 4.31. The van der Waals surface area contributed by atoms with Crippen LogP contribution < -0.4 is 0 Å². The number of carbonyl (C=O) groups is 1. The number of amides is 1. The smallest absolute Gasteiger partial charge is 0.258 e. The second-order valence-electron chi connectivity index (χ2n) is 4.31. The van der Waals surface area contributed by atoms with Crippen LogP contribution in [0.4, 0.5) is 0 Å². The predicted molar refractivity (Wildman–Crippen MR) is 69.2 cm³/mol. The van der Waals surface area contributed by atoms with Gasteiger partial charge in [0.1, 0.15) is 5.75 Å². The summed E-state index contributed by atoms with van der Waals surface area (Å²) >= 11 is 0. The Morgan fingerprint density at radius 2 is 2.18 bits per heavy atom. The lowest BCUT2D eigenvalue weighted by atomic mass is 10.1. The summed E-state index contributed by atoms with van der Waals surface area (Å²) in [5.41, 5.74) is 1.05. The van der Waals surface area contributed by atoms with Crippen LogP contribution in [0.5, 0.6) is 5.75 Å². The average molecular weight is 233 g/mol. The van der Waals surface area contributed by atoms with Crippen LogP contribution in [0.3, 0.4) is 0 Å². The molecule has 1 rings (SSSR count). The van der Waals surface area contributed by atoms with E-state index in [2.05, 4.69) is 6.58 Å². The van der Waals surface area contributed by atoms with Gasteiger partial charge in [0.05, 0.1) is 5.56 Å². The van der Waals surface area contributed by atoms with Gasteiger partial charge in [0.15, 0.2) is 0 Å². The van der Waals surface area contributed by atoms with Gasteiger partial charge in [-0.3, -0.25) is 4.79 Å². The van der Waals surface area contributed by atoms with E-state index >= 15 is 0 Å². The molecule has 92 valence electrons. The zero-order valence-electron chi connectivity index (χ0n) is 10.6. The van der Waals surface area contributed by atoms with Crippen molar-refractivity contribution in [2.45, 2.75) is 26.8 Å². The molecule has 3 nitrogen and oxygen atoms in total. The number of aromatic hydroxyl groups is 1. The van der Waals surface area contributed by atoms with Crippen molar-refractivity contribution in [2.75, 3.05) is 6.54 Å². The van der Waals surface area contributed by atoms with Crippen LogP contribution in [0, 0.1) is 6.92 Å². The molecular formula is C14H19NO2. The minimum atomic E-state index is -0.166. The third kappa shape index (κ3) is 2.87. The van der Waals surface area contributed by atoms with Gasteiger partial charge in [-0.1, -0.05) is 18.2 Å². The molecule has 0 unspecified atom stereocenters. The van der Waals surface area contributed by atoms with E-state index < -0.39 is 0 Å². The number of hydrogen-bond donors (Lipinski definition) is 1. The molecule has 0 aromatic heterocycles. The van der Waals surface area contributed by atoms with Crippen molar-refractivity contribution in [3.8, 4) is 5.75 Å². The van der Waals surface area contributed by atoms with Crippen LogP contribution in [0.15, 0.2) is 30.9 Å². The fraction of sp³-hybridized carbons (Fsp3) is 0.357. The van der Waals surface area contributed by atoms with Gasteiger partial charge >= 0.3 is 0 Å². The highest BCUT2D eigenvalue weighted by atomic mass is 16.3. The number of carbonyl (C=O) groups excluding carboxylic acids is 1. The molecule has 3 heteroatoms. The van der Waals surface area contributed by atoms with Crippen LogP contribution in [-0.2, 0) is 0 Å². The molecule has 0 saturated carbocycles. The summed E-state index contributed by atoms with van der Waals surface area (Å²) in [6.45, 7) is 9.77. The Labute approximate surface area is 102 Å². The monoisotopic (exact) mass is 233 g/mol. The lowest BCUT2D eigenvalue weighted by molar-refractivity contribution is 0.0725. The van der Waals surface area contributed by atoms with Crippen LogP contribution in [-0.4, -0.2) is 28.5 Å². The molecule has 0 aliphatic heterocycles. The van der Waals surface area contributed by atoms with Gasteiger partial charge in [-0.05, 0) is 32.4 Å². The van der Waals surface area contributed by atoms with Gasteiger partial charge in [0.25, 0.3) is 5.91 Å². The van der Waals surface area contributed by atoms with Crippen LogP contribution in [0.2, 0.25) is 0 Å². The minimum absolute atomic E-state index is 0.0622. The lowest BCUT2D eigenvalue weighted by Crippen LogP contribution is -2.37. The highest BCUT2D eigenvalue weighted by Gasteiger charge is 2.20. The topological polar surface area (TPSA) is 40.5 Å². The maximum atomic E-state index is 12.3. The van der Waals surface area contributed by atoms with Gasteiger partial charge < -0.3 is 10.0 Å². The quantitative estimate of drug-likeness (QED) is 0.812. The molecule has 1 aromatic rings. The van der Waals surface area contributed by atoms with Crippen molar-refractivity contribution in [3.63, 3.8) is 0 Å². The molecule has 1 amide bonds. The van der Waals surface area contributed by atoms with E-state index in [9.17, 15) is 9.90 Å². The van der Waals surface area contributed by atoms with E-state index in [0.717, 1.165) is 0 Å². The number of phenols is 1. The largest absolute Gasteiger partial charge is 0.507 e. The normalized spacial score (nSPS) is 10.4. The molecule has 17 heavy (non-hydrogen) atoms. The Kier molecular flexibility index (Phi) is 4.32. The summed E-state index contributed by atoms with van der Waals surface area (Å²) in [5, 5.41) is 9.89. The van der Waals surface area contributed by atoms with Gasteiger partial charge in [-0.15, -0.1) is 6.58 Å². The summed E-state index contributed by atoms with van der Waals surface area (Å²) in [7, 11) is 0. The molecule has 0 fully saturated rings. The SMILES string of the molecule is C=CCN(C(=O)c1cccc(C)c1O)C(C)C. The molecule has 1 aromatic carbocycles. The predicted octanol–water partition coefficient (Wildman–Crippen LogP) is 2.74. The molecule has 0 bridgehead atoms. The molecule has 0 heterocycles. The van der Waals surface area contributed by atoms with Crippen molar-refractivity contribution in [1.82, 2.24) is 4.90 Å². The summed E-state index contributed by atoms with van der Waals surface area (Å²) in [5.74, 6) is -0.103. The number of benzene rings is 1. The Morgan fingerprint density at radius 1 is 1.53 bits per heavy atom. The highest BCUT2D eigenvalue weighted by Crippen LogP contribution is 2.23. The summed E-state index contributed by atoms with van der Waals surface area (Å²) in [4.78, 5) is 13.9. The van der Waals surface area contributed by atoms with Gasteiger partial charge in [0.2, 0.25) is 0 Å². The summed E-state index contributed by atoms with van der Waals surface area (Å²) < 4.78 is 0. The van der Waals surface area contributed by atoms with Gasteiger partial charge in [0, 0.05) is 12.6 Å². The maximum Gasteiger partial charge on any atom is 0.258 e. The van der Waals surface area contributed by atoms with Crippen LogP contribution in [0.25, 0.3) is 0 Å². The van der Waals surface area contributed by atoms with Gasteiger partial charge in [-0.2, -0.15) is 0 Å². The minimum Gasteiger partial charge on any atom is -0.507 e. The molecule has 0 atom stereocenters. The number of hydrogen-bond acceptors (Lipinski definition) is 2. The second kappa shape index (κ2) is 5.53. The van der Waals surface area contributed by atoms with E-state index in [1.165, 1.54) is 0 Å². The van der Waals surface area contributed by atoms with Crippen molar-refractivity contribution >= 4 is 5.91 Å². The highest BCUT2D eigenvalue weighted by molar-refractivity contribution is 5.97. The maximum absolute atomic E-state index is 12.3. The standard InChI is InChI=1S/C14H19NO2/c1-5-9-15(10(2)3)14(17)12-8-6-7-11(4)13(12)16/h5-8,10,16H,1,9H2,2-4H3. The molecule has 0 radical (unpaired) electrons. The fourth-order valence-corrected chi connectivity index (χ4v) is 1.65. The van der Waals surface area contributed by atoms with Crippen molar-refractivity contribution in [2.24, 2.45) is 0 Å². The molecule has 0 spiro atoms. The van der Waals surface area contributed by atoms with Gasteiger partial charge in [-0.25, -0.2) is 0 Å². The number of nitrogens with zero attached hydrogens (tertiary/aromatic N) is 1. The first-order valence-corrected chi connectivity index (χ1v) is 5.69. The van der Waals surface area contributed by atoms with Crippen molar-refractivity contribution in [3.05, 3.63) is 42.0 Å². The Hall–Kier alpha value is -1.77. The molecular weight excluding hydrogens is 214 g/mol. The van der Waals surface area contributed by atoms with E-state index in [4.69, 9.17) is 0 Å². The first-order valence-electron chi connectivity index (χ1n) is 5.69. The molecule has 0 aliphatic carbocycles. The Morgan fingerprint density at radius 3 is 2.71 bits per heavy atom. The number of para-hydroxylation sites is 1. The van der Waals surface area contributed by atoms with Crippen molar-refractivity contribution < 1.29 is 9.90 Å². The molecule has 0 saturated heterocycles. The van der Waals surface area contributed by atoms with Crippen molar-refractivity contribution in [1.29, 1.82) is 0 Å². The zero-order valence-corrected chi connectivity index (χ0v) is 10.6. The lowest BCUT2D eigenvalue weighted by Gasteiger charge is -2.25. The number of phenolic OH excluding ortho intramolecular Hbond substituents is 1. The first-order chi connectivity index (χ1) is 7.99. The zero-order chi connectivity index (χ0) is 13.0. The third-order valence-corrected chi connectivity index (χ3v) is 2.68. The Balaban J connectivity index is 3.09. The third-order valence-electron chi connectivity index (χ3n) is 2.68. The summed E-state index contributed by atoms with van der Waals surface area (Å²) in [6, 6.07) is 5.26. The fourth-order valence-electron chi connectivity index (χ4n) is 1.65. The molecule has 1 N–H and O–H groups in total. The summed E-state index contributed by atoms with van der Waals surface area (Å²) in [6.07, 6.45) is 1.69. The van der Waals surface area contributed by atoms with E-state index in [1.807, 2.05) is 13.8 Å². The van der Waals surface area contributed by atoms with E-state index in [0.29, 0.717) is 17.7 Å². The van der Waals surface area contributed by atoms with E-state index in [-0.39, 0.29) is 17.7 Å². The average Bonchev–Trinajstić information content (AvgIpc) is 2.28. The van der Waals surface area contributed by atoms with E-state index in [1.54, 1.807) is 36.1 Å².